The number of Topliss-reactive ketones (excluding diaryl/α,β-unsaturated/α-hetero) is 1. The summed E-state index contributed by atoms with van der Waals surface area (Å²) in [5.74, 6) is -1.09. The van der Waals surface area contributed by atoms with E-state index in [4.69, 9.17) is 4.74 Å². The quantitative estimate of drug-likeness (QED) is 0.732. The molecular formula is C24H25NO3S. The molecule has 0 spiro atoms. The summed E-state index contributed by atoms with van der Waals surface area (Å²) in [6.07, 6.45) is 2.84. The van der Waals surface area contributed by atoms with Gasteiger partial charge in [-0.1, -0.05) is 36.9 Å². The van der Waals surface area contributed by atoms with Crippen LogP contribution in [0.5, 0.6) is 0 Å². The average molecular weight is 408 g/mol. The Morgan fingerprint density at radius 1 is 1.21 bits per heavy atom. The zero-order chi connectivity index (χ0) is 20.4. The molecule has 150 valence electrons. The van der Waals surface area contributed by atoms with Crippen LogP contribution in [0.25, 0.3) is 0 Å². The Balaban J connectivity index is 1.59. The second-order valence-electron chi connectivity index (χ2n) is 7.63. The van der Waals surface area contributed by atoms with Gasteiger partial charge in [0.25, 0.3) is 0 Å². The average Bonchev–Trinajstić information content (AvgIpc) is 3.14. The van der Waals surface area contributed by atoms with Gasteiger partial charge in [-0.15, -0.1) is 11.3 Å². The molecule has 1 aromatic carbocycles. The van der Waals surface area contributed by atoms with Crippen molar-refractivity contribution in [3.05, 3.63) is 81.3 Å². The number of benzene rings is 1. The van der Waals surface area contributed by atoms with Crippen LogP contribution in [0.1, 0.15) is 40.5 Å². The van der Waals surface area contributed by atoms with Gasteiger partial charge in [0.2, 0.25) is 0 Å². The molecule has 2 aliphatic rings. The fourth-order valence-electron chi connectivity index (χ4n) is 4.20. The van der Waals surface area contributed by atoms with Crippen LogP contribution in [0.15, 0.2) is 66.0 Å². The number of esters is 1. The largest absolute Gasteiger partial charge is 0.465 e. The number of hydrogen-bond acceptors (Lipinski definition) is 5. The number of hydrogen-bond donors (Lipinski definition) is 1. The van der Waals surface area contributed by atoms with Gasteiger partial charge in [-0.05, 0) is 37.5 Å². The summed E-state index contributed by atoms with van der Waals surface area (Å²) in [6.45, 7) is 6.47. The van der Waals surface area contributed by atoms with Crippen LogP contribution in [0, 0.1) is 12.8 Å². The third-order valence-electron chi connectivity index (χ3n) is 5.59. The van der Waals surface area contributed by atoms with Crippen molar-refractivity contribution in [3.63, 3.8) is 0 Å². The van der Waals surface area contributed by atoms with Crippen LogP contribution >= 0.6 is 11.3 Å². The van der Waals surface area contributed by atoms with E-state index >= 15 is 0 Å². The number of carbonyl (C=O) groups is 2. The van der Waals surface area contributed by atoms with Crippen molar-refractivity contribution in [1.29, 1.82) is 0 Å². The molecule has 1 aliphatic heterocycles. The predicted molar refractivity (Wildman–Crippen MR) is 115 cm³/mol. The van der Waals surface area contributed by atoms with E-state index in [0.29, 0.717) is 25.1 Å². The van der Waals surface area contributed by atoms with Crippen molar-refractivity contribution in [2.75, 3.05) is 6.61 Å². The first-order valence-electron chi connectivity index (χ1n) is 10.0. The standard InChI is InChI=1S/C24H25NO3S/c1-15-11-12-20(29-15)23-21(16(2)25-18-9-6-10-19(26)22(18)23)24(27)28-14-13-17-7-4-3-5-8-17/h3-5,7-8,11-12,21,23,25H,2,6,9-10,13-14H2,1H3. The number of allylic oxidation sites excluding steroid dienone is 2. The van der Waals surface area contributed by atoms with E-state index in [-0.39, 0.29) is 17.7 Å². The Bertz CT molecular complexity index is 973. The molecular weight excluding hydrogens is 382 g/mol. The van der Waals surface area contributed by atoms with E-state index in [1.807, 2.05) is 49.4 Å². The monoisotopic (exact) mass is 407 g/mol. The molecule has 0 bridgehead atoms. The van der Waals surface area contributed by atoms with E-state index in [2.05, 4.69) is 11.9 Å². The molecule has 2 aromatic rings. The maximum absolute atomic E-state index is 13.1. The maximum atomic E-state index is 13.1. The second kappa shape index (κ2) is 8.37. The Labute approximate surface area is 175 Å². The van der Waals surface area contributed by atoms with Crippen LogP contribution in [0.4, 0.5) is 0 Å². The number of aryl methyl sites for hydroxylation is 1. The first-order valence-corrected chi connectivity index (χ1v) is 10.8. The van der Waals surface area contributed by atoms with Crippen LogP contribution in [0.3, 0.4) is 0 Å². The number of nitrogens with one attached hydrogen (secondary N) is 1. The van der Waals surface area contributed by atoms with Gasteiger partial charge in [0, 0.05) is 45.5 Å². The van der Waals surface area contributed by atoms with E-state index in [1.54, 1.807) is 11.3 Å². The van der Waals surface area contributed by atoms with Gasteiger partial charge in [-0.2, -0.15) is 0 Å². The highest BCUT2D eigenvalue weighted by Gasteiger charge is 2.44. The summed E-state index contributed by atoms with van der Waals surface area (Å²) in [5.41, 5.74) is 3.42. The van der Waals surface area contributed by atoms with Crippen molar-refractivity contribution in [1.82, 2.24) is 5.32 Å². The smallest absolute Gasteiger partial charge is 0.315 e. The Morgan fingerprint density at radius 3 is 2.72 bits per heavy atom. The Hall–Kier alpha value is -2.66. The Morgan fingerprint density at radius 2 is 2.00 bits per heavy atom. The number of carbonyl (C=O) groups excluding carboxylic acids is 2. The first kappa shape index (κ1) is 19.6. The Kier molecular flexibility index (Phi) is 5.67. The number of thiophene rings is 1. The lowest BCUT2D eigenvalue weighted by molar-refractivity contribution is -0.147. The molecule has 4 rings (SSSR count). The molecule has 0 radical (unpaired) electrons. The van der Waals surface area contributed by atoms with Crippen molar-refractivity contribution in [3.8, 4) is 0 Å². The molecule has 29 heavy (non-hydrogen) atoms. The molecule has 0 saturated carbocycles. The molecule has 0 saturated heterocycles. The topological polar surface area (TPSA) is 55.4 Å². The minimum Gasteiger partial charge on any atom is -0.465 e. The van der Waals surface area contributed by atoms with E-state index < -0.39 is 5.92 Å². The molecule has 2 atom stereocenters. The zero-order valence-corrected chi connectivity index (χ0v) is 17.4. The van der Waals surface area contributed by atoms with Gasteiger partial charge < -0.3 is 10.1 Å². The number of ether oxygens (including phenoxy) is 1. The van der Waals surface area contributed by atoms with Crippen LogP contribution in [-0.4, -0.2) is 18.4 Å². The highest BCUT2D eigenvalue weighted by Crippen LogP contribution is 2.46. The SMILES string of the molecule is C=C1NC2=C(C(=O)CCC2)C(c2ccc(C)s2)C1C(=O)OCCc1ccccc1. The molecule has 2 unspecified atom stereocenters. The summed E-state index contributed by atoms with van der Waals surface area (Å²) in [6, 6.07) is 14.0. The van der Waals surface area contributed by atoms with E-state index in [9.17, 15) is 9.59 Å². The predicted octanol–water partition coefficient (Wildman–Crippen LogP) is 4.67. The third kappa shape index (κ3) is 4.06. The van der Waals surface area contributed by atoms with Gasteiger partial charge in [-0.3, -0.25) is 9.59 Å². The van der Waals surface area contributed by atoms with E-state index in [1.165, 1.54) is 0 Å². The fraction of sp³-hybridized carbons (Fsp3) is 0.333. The molecule has 5 heteroatoms. The molecule has 1 aliphatic carbocycles. The molecule has 1 N–H and O–H groups in total. The van der Waals surface area contributed by atoms with E-state index in [0.717, 1.165) is 39.4 Å². The molecule has 0 fully saturated rings. The lowest BCUT2D eigenvalue weighted by atomic mass is 9.74. The summed E-state index contributed by atoms with van der Waals surface area (Å²) in [5, 5.41) is 3.26. The highest BCUT2D eigenvalue weighted by molar-refractivity contribution is 7.12. The molecule has 2 heterocycles. The van der Waals surface area contributed by atoms with Crippen LogP contribution in [0.2, 0.25) is 0 Å². The van der Waals surface area contributed by atoms with Gasteiger partial charge >= 0.3 is 5.97 Å². The third-order valence-corrected chi connectivity index (χ3v) is 6.67. The minimum atomic E-state index is -0.593. The van der Waals surface area contributed by atoms with Crippen molar-refractivity contribution in [2.45, 2.75) is 38.5 Å². The highest BCUT2D eigenvalue weighted by atomic mass is 32.1. The normalized spacial score (nSPS) is 21.6. The molecule has 1 aromatic heterocycles. The summed E-state index contributed by atoms with van der Waals surface area (Å²) in [4.78, 5) is 28.1. The van der Waals surface area contributed by atoms with Crippen LogP contribution in [-0.2, 0) is 20.7 Å². The van der Waals surface area contributed by atoms with Crippen molar-refractivity contribution < 1.29 is 14.3 Å². The molecule has 4 nitrogen and oxygen atoms in total. The number of rotatable bonds is 5. The lowest BCUT2D eigenvalue weighted by Gasteiger charge is -2.37. The fourth-order valence-corrected chi connectivity index (χ4v) is 5.23. The summed E-state index contributed by atoms with van der Waals surface area (Å²) < 4.78 is 5.66. The van der Waals surface area contributed by atoms with Crippen molar-refractivity contribution in [2.24, 2.45) is 5.92 Å². The maximum Gasteiger partial charge on any atom is 0.315 e. The summed E-state index contributed by atoms with van der Waals surface area (Å²) in [7, 11) is 0. The zero-order valence-electron chi connectivity index (χ0n) is 16.6. The van der Waals surface area contributed by atoms with Gasteiger partial charge in [0.15, 0.2) is 5.78 Å². The van der Waals surface area contributed by atoms with Gasteiger partial charge in [0.1, 0.15) is 5.92 Å². The lowest BCUT2D eigenvalue weighted by Crippen LogP contribution is -2.41. The molecule has 0 amide bonds. The number of ketones is 1. The van der Waals surface area contributed by atoms with Gasteiger partial charge in [-0.25, -0.2) is 0 Å². The first-order chi connectivity index (χ1) is 14.0. The van der Waals surface area contributed by atoms with Gasteiger partial charge in [0.05, 0.1) is 6.61 Å². The van der Waals surface area contributed by atoms with Crippen LogP contribution < -0.4 is 5.32 Å². The second-order valence-corrected chi connectivity index (χ2v) is 8.95. The minimum absolute atomic E-state index is 0.129. The van der Waals surface area contributed by atoms with Crippen molar-refractivity contribution >= 4 is 23.1 Å². The summed E-state index contributed by atoms with van der Waals surface area (Å²) >= 11 is 1.63.